The number of amides is 1. The van der Waals surface area contributed by atoms with Crippen LogP contribution in [0.3, 0.4) is 0 Å². The molecule has 41 heavy (non-hydrogen) atoms. The molecule has 224 valence electrons. The van der Waals surface area contributed by atoms with Gasteiger partial charge in [-0.15, -0.1) is 0 Å². The highest BCUT2D eigenvalue weighted by molar-refractivity contribution is 6.43. The fourth-order valence-electron chi connectivity index (χ4n) is 4.67. The number of ether oxygens (including phenoxy) is 2. The summed E-state index contributed by atoms with van der Waals surface area (Å²) in [6, 6.07) is 14.2. The third-order valence-corrected chi connectivity index (χ3v) is 7.02. The molecule has 3 rings (SSSR count). The maximum absolute atomic E-state index is 13.5. The highest BCUT2D eigenvalue weighted by Crippen LogP contribution is 2.26. The number of benzene rings is 1. The molecule has 1 aromatic carbocycles. The second kappa shape index (κ2) is 14.9. The molecule has 0 bridgehead atoms. The minimum atomic E-state index is -1.86. The van der Waals surface area contributed by atoms with E-state index in [9.17, 15) is 40.1 Å². The molecule has 1 amide bonds. The predicted molar refractivity (Wildman–Crippen MR) is 148 cm³/mol. The Morgan fingerprint density at radius 2 is 1.68 bits per heavy atom. The summed E-state index contributed by atoms with van der Waals surface area (Å²) in [6.07, 6.45) is -9.06. The third-order valence-electron chi connectivity index (χ3n) is 7.02. The average Bonchev–Trinajstić information content (AvgIpc) is 2.95. The molecular weight excluding hydrogens is 535 g/mol. The molecule has 0 radical (unpaired) electrons. The zero-order chi connectivity index (χ0) is 30.3. The number of Topliss-reactive ketones (excluding diaryl/α,β-unsaturated/α-hetero) is 1. The van der Waals surface area contributed by atoms with E-state index in [1.54, 1.807) is 12.1 Å². The number of nitrogens with one attached hydrogen (secondary N) is 1. The highest BCUT2D eigenvalue weighted by Gasteiger charge is 2.45. The van der Waals surface area contributed by atoms with Crippen molar-refractivity contribution in [3.63, 3.8) is 0 Å². The van der Waals surface area contributed by atoms with Crippen molar-refractivity contribution in [1.82, 2.24) is 10.3 Å². The molecule has 1 saturated heterocycles. The van der Waals surface area contributed by atoms with Gasteiger partial charge in [-0.1, -0.05) is 50.2 Å². The lowest BCUT2D eigenvalue weighted by Crippen LogP contribution is -2.60. The first-order valence-electron chi connectivity index (χ1n) is 13.6. The summed E-state index contributed by atoms with van der Waals surface area (Å²) in [5.74, 6) is -3.44. The van der Waals surface area contributed by atoms with Gasteiger partial charge >= 0.3 is 7.12 Å². The number of pyridine rings is 1. The Bertz CT molecular complexity index is 1140. The minimum absolute atomic E-state index is 0.00916. The first kappa shape index (κ1) is 32.8. The molecule has 13 heteroatoms. The van der Waals surface area contributed by atoms with Gasteiger partial charge in [-0.05, 0) is 31.4 Å². The molecule has 12 nitrogen and oxygen atoms in total. The van der Waals surface area contributed by atoms with E-state index in [0.29, 0.717) is 5.69 Å². The van der Waals surface area contributed by atoms with Crippen LogP contribution in [-0.2, 0) is 14.3 Å². The Hall–Kier alpha value is -2.75. The summed E-state index contributed by atoms with van der Waals surface area (Å²) in [6.45, 7) is 4.48. The predicted octanol–water partition coefficient (Wildman–Crippen LogP) is -0.314. The quantitative estimate of drug-likeness (QED) is 0.122. The van der Waals surface area contributed by atoms with Gasteiger partial charge in [0.05, 0.1) is 30.3 Å². The van der Waals surface area contributed by atoms with Crippen LogP contribution in [0, 0.1) is 11.8 Å². The van der Waals surface area contributed by atoms with E-state index >= 15 is 0 Å². The zero-order valence-electron chi connectivity index (χ0n) is 23.3. The van der Waals surface area contributed by atoms with Crippen LogP contribution in [0.4, 0.5) is 0 Å². The van der Waals surface area contributed by atoms with E-state index in [4.69, 9.17) is 9.47 Å². The summed E-state index contributed by atoms with van der Waals surface area (Å²) in [5, 5.41) is 62.4. The SMILES string of the molecule is CC(C)C[C@H](NC(=O)[C@@H](CC(=O)c1cccc(-c2ccccc2)n1)C(C)O[C@@H]1O[C@H](CO)[C@H](O)[C@H](O)[C@H]1O)B(O)O. The fourth-order valence-corrected chi connectivity index (χ4v) is 4.67. The second-order valence-corrected chi connectivity index (χ2v) is 10.7. The van der Waals surface area contributed by atoms with Crippen molar-refractivity contribution in [2.45, 2.75) is 76.4 Å². The molecule has 2 aromatic rings. The summed E-state index contributed by atoms with van der Waals surface area (Å²) in [5.41, 5.74) is 1.46. The number of aliphatic hydroxyl groups is 4. The van der Waals surface area contributed by atoms with E-state index < -0.39 is 80.5 Å². The van der Waals surface area contributed by atoms with Crippen molar-refractivity contribution in [2.24, 2.45) is 11.8 Å². The number of hydrogen-bond acceptors (Lipinski definition) is 11. The first-order chi connectivity index (χ1) is 19.4. The summed E-state index contributed by atoms with van der Waals surface area (Å²) < 4.78 is 11.2. The van der Waals surface area contributed by atoms with Crippen LogP contribution < -0.4 is 5.32 Å². The Morgan fingerprint density at radius 3 is 2.29 bits per heavy atom. The fraction of sp³-hybridized carbons (Fsp3) is 0.536. The van der Waals surface area contributed by atoms with Crippen LogP contribution in [0.25, 0.3) is 11.3 Å². The van der Waals surface area contributed by atoms with Crippen LogP contribution in [0.2, 0.25) is 0 Å². The molecule has 0 aliphatic carbocycles. The van der Waals surface area contributed by atoms with Crippen molar-refractivity contribution in [1.29, 1.82) is 0 Å². The van der Waals surface area contributed by atoms with Crippen molar-refractivity contribution in [3.8, 4) is 11.3 Å². The van der Waals surface area contributed by atoms with Crippen LogP contribution >= 0.6 is 0 Å². The Kier molecular flexibility index (Phi) is 11.9. The third kappa shape index (κ3) is 8.63. The molecule has 1 aliphatic rings. The molecule has 2 heterocycles. The number of nitrogens with zero attached hydrogens (tertiary/aromatic N) is 1. The number of carbonyl (C=O) groups is 2. The number of ketones is 1. The van der Waals surface area contributed by atoms with Crippen LogP contribution in [0.15, 0.2) is 48.5 Å². The van der Waals surface area contributed by atoms with Gasteiger partial charge < -0.3 is 45.3 Å². The smallest absolute Gasteiger partial charge is 0.426 e. The van der Waals surface area contributed by atoms with Crippen LogP contribution in [0.5, 0.6) is 0 Å². The monoisotopic (exact) mass is 574 g/mol. The van der Waals surface area contributed by atoms with Gasteiger partial charge in [0.1, 0.15) is 30.1 Å². The van der Waals surface area contributed by atoms with Gasteiger partial charge in [0, 0.05) is 12.0 Å². The van der Waals surface area contributed by atoms with Gasteiger partial charge in [0.25, 0.3) is 0 Å². The Balaban J connectivity index is 1.86. The lowest BCUT2D eigenvalue weighted by molar-refractivity contribution is -0.312. The molecule has 1 fully saturated rings. The lowest BCUT2D eigenvalue weighted by Gasteiger charge is -2.41. The zero-order valence-corrected chi connectivity index (χ0v) is 23.3. The van der Waals surface area contributed by atoms with Gasteiger partial charge in [-0.25, -0.2) is 4.98 Å². The van der Waals surface area contributed by atoms with Gasteiger partial charge in [0.15, 0.2) is 12.1 Å². The van der Waals surface area contributed by atoms with Crippen molar-refractivity contribution in [2.75, 3.05) is 6.61 Å². The maximum Gasteiger partial charge on any atom is 0.475 e. The maximum atomic E-state index is 13.5. The summed E-state index contributed by atoms with van der Waals surface area (Å²) >= 11 is 0. The number of hydrogen-bond donors (Lipinski definition) is 7. The molecule has 1 aliphatic heterocycles. The van der Waals surface area contributed by atoms with Crippen molar-refractivity contribution < 1.29 is 49.5 Å². The molecular formula is C28H39BN2O10. The van der Waals surface area contributed by atoms with Gasteiger partial charge in [-0.3, -0.25) is 9.59 Å². The molecule has 8 atom stereocenters. The van der Waals surface area contributed by atoms with E-state index in [2.05, 4.69) is 10.3 Å². The first-order valence-corrected chi connectivity index (χ1v) is 13.6. The Morgan fingerprint density at radius 1 is 1.00 bits per heavy atom. The Labute approximate surface area is 239 Å². The number of aromatic nitrogens is 1. The molecule has 7 N–H and O–H groups in total. The second-order valence-electron chi connectivity index (χ2n) is 10.7. The minimum Gasteiger partial charge on any atom is -0.426 e. The average molecular weight is 574 g/mol. The van der Waals surface area contributed by atoms with Crippen molar-refractivity contribution in [3.05, 3.63) is 54.2 Å². The normalized spacial score (nSPS) is 24.9. The molecule has 1 unspecified atom stereocenters. The van der Waals surface area contributed by atoms with E-state index in [-0.39, 0.29) is 18.0 Å². The topological polar surface area (TPSA) is 199 Å². The van der Waals surface area contributed by atoms with Crippen LogP contribution in [-0.4, -0.2) is 104 Å². The van der Waals surface area contributed by atoms with E-state index in [0.717, 1.165) is 5.56 Å². The number of aliphatic hydroxyl groups excluding tert-OH is 4. The number of rotatable bonds is 13. The van der Waals surface area contributed by atoms with E-state index in [1.807, 2.05) is 44.2 Å². The summed E-state index contributed by atoms with van der Waals surface area (Å²) in [7, 11) is -1.86. The summed E-state index contributed by atoms with van der Waals surface area (Å²) in [4.78, 5) is 31.3. The highest BCUT2D eigenvalue weighted by atomic mass is 16.7. The molecule has 0 spiro atoms. The van der Waals surface area contributed by atoms with Crippen LogP contribution in [0.1, 0.15) is 44.1 Å². The lowest BCUT2D eigenvalue weighted by atomic mass is 9.74. The molecule has 0 saturated carbocycles. The largest absolute Gasteiger partial charge is 0.475 e. The van der Waals surface area contributed by atoms with E-state index in [1.165, 1.54) is 13.0 Å². The standard InChI is InChI=1S/C28H39BN2O10/c1-15(2)12-23(29(38)39)31-27(37)18(16(3)40-28-26(36)25(35)24(34)22(14-32)41-28)13-21(33)20-11-7-10-19(30-20)17-8-5-4-6-9-17/h4-11,15-16,18,22-26,28,32,34-36,38-39H,12-14H2,1-3H3,(H,31,37)/t16?,18-,22+,23-,24-,25-,26+,28+/m0/s1. The van der Waals surface area contributed by atoms with Gasteiger partial charge in [0.2, 0.25) is 5.91 Å². The van der Waals surface area contributed by atoms with Crippen molar-refractivity contribution >= 4 is 18.8 Å². The number of carbonyl (C=O) groups excluding carboxylic acids is 2. The van der Waals surface area contributed by atoms with Gasteiger partial charge in [-0.2, -0.15) is 0 Å². The molecule has 1 aromatic heterocycles.